The summed E-state index contributed by atoms with van der Waals surface area (Å²) in [4.78, 5) is 18.3. The minimum Gasteiger partial charge on any atom is -0.508 e. The fourth-order valence-electron chi connectivity index (χ4n) is 2.65. The van der Waals surface area contributed by atoms with Gasteiger partial charge in [-0.2, -0.15) is 0 Å². The maximum absolute atomic E-state index is 10.3. The molecule has 0 spiro atoms. The first-order valence-corrected chi connectivity index (χ1v) is 9.63. The number of phenols is 2. The zero-order valence-electron chi connectivity index (χ0n) is 16.6. The SMILES string of the molecule is C=O.CCCCCCCCCc1ccccc1O.O=C(O)c1ccccc1O. The molecule has 0 heterocycles. The Morgan fingerprint density at radius 3 is 1.79 bits per heavy atom. The van der Waals surface area contributed by atoms with E-state index in [9.17, 15) is 9.90 Å². The van der Waals surface area contributed by atoms with Gasteiger partial charge in [-0.05, 0) is 36.6 Å². The molecule has 0 bridgehead atoms. The largest absolute Gasteiger partial charge is 0.508 e. The number of hydrogen-bond acceptors (Lipinski definition) is 4. The average molecular weight is 389 g/mol. The van der Waals surface area contributed by atoms with E-state index in [1.54, 1.807) is 18.2 Å². The summed E-state index contributed by atoms with van der Waals surface area (Å²) >= 11 is 0. The monoisotopic (exact) mass is 388 g/mol. The van der Waals surface area contributed by atoms with E-state index in [-0.39, 0.29) is 11.3 Å². The zero-order chi connectivity index (χ0) is 21.2. The number of phenolic OH excluding ortho intramolecular Hbond substituents is 1. The quantitative estimate of drug-likeness (QED) is 0.487. The predicted octanol–water partition coefficient (Wildman–Crippen LogP) is 5.59. The van der Waals surface area contributed by atoms with E-state index < -0.39 is 5.97 Å². The lowest BCUT2D eigenvalue weighted by molar-refractivity contribution is -0.0980. The Balaban J connectivity index is 0.000000520. The lowest BCUT2D eigenvalue weighted by atomic mass is 10.0. The molecule has 2 aromatic rings. The van der Waals surface area contributed by atoms with Gasteiger partial charge in [0.1, 0.15) is 23.9 Å². The number of para-hydroxylation sites is 2. The van der Waals surface area contributed by atoms with E-state index in [4.69, 9.17) is 15.0 Å². The summed E-state index contributed by atoms with van der Waals surface area (Å²) in [6, 6.07) is 13.5. The number of carboxylic acids is 1. The van der Waals surface area contributed by atoms with Crippen molar-refractivity contribution >= 4 is 12.8 Å². The van der Waals surface area contributed by atoms with Crippen LogP contribution in [-0.4, -0.2) is 28.1 Å². The van der Waals surface area contributed by atoms with Gasteiger partial charge in [0.15, 0.2) is 0 Å². The van der Waals surface area contributed by atoms with Crippen LogP contribution in [0.5, 0.6) is 11.5 Å². The first kappa shape index (κ1) is 25.2. The highest BCUT2D eigenvalue weighted by Gasteiger charge is 2.05. The number of aromatic hydroxyl groups is 2. The molecule has 0 amide bonds. The molecular formula is C23H32O5. The lowest BCUT2D eigenvalue weighted by Gasteiger charge is -2.04. The van der Waals surface area contributed by atoms with Gasteiger partial charge in [0.05, 0.1) is 0 Å². The van der Waals surface area contributed by atoms with Crippen LogP contribution in [0, 0.1) is 0 Å². The molecule has 0 fully saturated rings. The van der Waals surface area contributed by atoms with Crippen molar-refractivity contribution in [2.45, 2.75) is 58.3 Å². The van der Waals surface area contributed by atoms with Crippen molar-refractivity contribution in [1.29, 1.82) is 0 Å². The summed E-state index contributed by atoms with van der Waals surface area (Å²) < 4.78 is 0. The van der Waals surface area contributed by atoms with Crippen LogP contribution < -0.4 is 0 Å². The molecule has 2 aromatic carbocycles. The van der Waals surface area contributed by atoms with E-state index in [0.717, 1.165) is 12.0 Å². The molecular weight excluding hydrogens is 356 g/mol. The Morgan fingerprint density at radius 1 is 0.786 bits per heavy atom. The lowest BCUT2D eigenvalue weighted by Crippen LogP contribution is -1.95. The van der Waals surface area contributed by atoms with Gasteiger partial charge in [0, 0.05) is 0 Å². The molecule has 0 aliphatic carbocycles. The van der Waals surface area contributed by atoms with Gasteiger partial charge in [0.2, 0.25) is 0 Å². The van der Waals surface area contributed by atoms with Gasteiger partial charge < -0.3 is 20.1 Å². The summed E-state index contributed by atoms with van der Waals surface area (Å²) in [5.41, 5.74) is 1.03. The average Bonchev–Trinajstić information content (AvgIpc) is 2.71. The first-order valence-electron chi connectivity index (χ1n) is 9.63. The van der Waals surface area contributed by atoms with E-state index in [1.807, 2.05) is 25.0 Å². The summed E-state index contributed by atoms with van der Waals surface area (Å²) in [5, 5.41) is 26.9. The second-order valence-electron chi connectivity index (χ2n) is 6.32. The topological polar surface area (TPSA) is 94.8 Å². The van der Waals surface area contributed by atoms with Gasteiger partial charge in [-0.1, -0.05) is 75.8 Å². The van der Waals surface area contributed by atoms with Crippen LogP contribution in [0.3, 0.4) is 0 Å². The van der Waals surface area contributed by atoms with Gasteiger partial charge in [-0.3, -0.25) is 0 Å². The summed E-state index contributed by atoms with van der Waals surface area (Å²) in [6.07, 6.45) is 10.3. The highest BCUT2D eigenvalue weighted by Crippen LogP contribution is 2.19. The molecule has 5 heteroatoms. The zero-order valence-corrected chi connectivity index (χ0v) is 16.6. The van der Waals surface area contributed by atoms with Crippen molar-refractivity contribution in [2.24, 2.45) is 0 Å². The van der Waals surface area contributed by atoms with Crippen LogP contribution in [0.2, 0.25) is 0 Å². The standard InChI is InChI=1S/C15H24O.C7H6O3.CH2O/c1-2-3-4-5-6-7-8-11-14-12-9-10-13-15(14)16;8-6-4-2-1-3-5(6)7(9)10;1-2/h9-10,12-13,16H,2-8,11H2,1H3;1-4,8H,(H,9,10);1H2. The maximum Gasteiger partial charge on any atom is 0.339 e. The van der Waals surface area contributed by atoms with E-state index in [2.05, 4.69) is 6.92 Å². The number of carboxylic acid groups (broad SMARTS) is 1. The minimum absolute atomic E-state index is 0.0671. The Bertz CT molecular complexity index is 670. The van der Waals surface area contributed by atoms with Crippen molar-refractivity contribution in [2.75, 3.05) is 0 Å². The molecule has 0 aromatic heterocycles. The number of rotatable bonds is 9. The highest BCUT2D eigenvalue weighted by atomic mass is 16.4. The van der Waals surface area contributed by atoms with Crippen LogP contribution in [0.25, 0.3) is 0 Å². The van der Waals surface area contributed by atoms with Gasteiger partial charge in [-0.15, -0.1) is 0 Å². The molecule has 0 radical (unpaired) electrons. The van der Waals surface area contributed by atoms with Crippen LogP contribution in [0.1, 0.15) is 67.8 Å². The molecule has 0 atom stereocenters. The molecule has 0 saturated heterocycles. The molecule has 0 unspecified atom stereocenters. The highest BCUT2D eigenvalue weighted by molar-refractivity contribution is 5.90. The predicted molar refractivity (Wildman–Crippen MR) is 112 cm³/mol. The van der Waals surface area contributed by atoms with Crippen molar-refractivity contribution in [3.05, 3.63) is 59.7 Å². The molecule has 0 saturated carbocycles. The Morgan fingerprint density at radius 2 is 1.29 bits per heavy atom. The van der Waals surface area contributed by atoms with Crippen molar-refractivity contribution in [1.82, 2.24) is 0 Å². The summed E-state index contributed by atoms with van der Waals surface area (Å²) in [5.74, 6) is -0.860. The number of carbonyl (C=O) groups is 2. The number of carbonyl (C=O) groups excluding carboxylic acids is 1. The second kappa shape index (κ2) is 16.4. The molecule has 3 N–H and O–H groups in total. The Kier molecular flexibility index (Phi) is 14.7. The van der Waals surface area contributed by atoms with Crippen molar-refractivity contribution in [3.63, 3.8) is 0 Å². The fraction of sp³-hybridized carbons (Fsp3) is 0.391. The smallest absolute Gasteiger partial charge is 0.339 e. The van der Waals surface area contributed by atoms with Crippen molar-refractivity contribution < 1.29 is 24.9 Å². The molecule has 0 aliphatic heterocycles. The third kappa shape index (κ3) is 11.0. The molecule has 2 rings (SSSR count). The second-order valence-corrected chi connectivity index (χ2v) is 6.32. The van der Waals surface area contributed by atoms with Crippen LogP contribution >= 0.6 is 0 Å². The summed E-state index contributed by atoms with van der Waals surface area (Å²) in [6.45, 7) is 4.25. The number of aromatic carboxylic acids is 1. The van der Waals surface area contributed by atoms with E-state index in [1.165, 1.54) is 57.1 Å². The van der Waals surface area contributed by atoms with E-state index in [0.29, 0.717) is 5.75 Å². The Labute approximate surface area is 167 Å². The van der Waals surface area contributed by atoms with Gasteiger partial charge in [-0.25, -0.2) is 4.79 Å². The normalized spacial score (nSPS) is 9.46. The molecule has 5 nitrogen and oxygen atoms in total. The number of benzene rings is 2. The number of hydrogen-bond donors (Lipinski definition) is 3. The van der Waals surface area contributed by atoms with Gasteiger partial charge >= 0.3 is 5.97 Å². The van der Waals surface area contributed by atoms with Crippen LogP contribution in [0.4, 0.5) is 0 Å². The minimum atomic E-state index is -1.11. The molecule has 154 valence electrons. The van der Waals surface area contributed by atoms with Crippen LogP contribution in [0.15, 0.2) is 48.5 Å². The fourth-order valence-corrected chi connectivity index (χ4v) is 2.65. The number of aryl methyl sites for hydroxylation is 1. The third-order valence-electron chi connectivity index (χ3n) is 4.18. The van der Waals surface area contributed by atoms with Crippen LogP contribution in [-0.2, 0) is 11.2 Å². The molecule has 28 heavy (non-hydrogen) atoms. The summed E-state index contributed by atoms with van der Waals surface area (Å²) in [7, 11) is 0. The molecule has 0 aliphatic rings. The van der Waals surface area contributed by atoms with Crippen molar-refractivity contribution in [3.8, 4) is 11.5 Å². The third-order valence-corrected chi connectivity index (χ3v) is 4.18. The number of unbranched alkanes of at least 4 members (excludes halogenated alkanes) is 6. The Hall–Kier alpha value is -2.82. The van der Waals surface area contributed by atoms with Gasteiger partial charge in [0.25, 0.3) is 0 Å². The first-order chi connectivity index (χ1) is 13.6. The van der Waals surface area contributed by atoms with E-state index >= 15 is 0 Å². The maximum atomic E-state index is 10.3.